The second-order valence-corrected chi connectivity index (χ2v) is 9.31. The molecule has 1 aliphatic rings. The molecule has 4 rings (SSSR count). The molecule has 0 amide bonds. The summed E-state index contributed by atoms with van der Waals surface area (Å²) in [5.41, 5.74) is 2.23. The summed E-state index contributed by atoms with van der Waals surface area (Å²) in [6, 6.07) is 8.06. The highest BCUT2D eigenvalue weighted by atomic mass is 32.1. The predicted molar refractivity (Wildman–Crippen MR) is 132 cm³/mol. The van der Waals surface area contributed by atoms with Gasteiger partial charge in [0.25, 0.3) is 0 Å². The van der Waals surface area contributed by atoms with Crippen molar-refractivity contribution in [1.29, 1.82) is 0 Å². The molecule has 0 unspecified atom stereocenters. The van der Waals surface area contributed by atoms with Crippen LogP contribution >= 0.6 is 22.7 Å². The molecule has 3 aromatic heterocycles. The normalized spacial score (nSPS) is 13.6. The lowest BCUT2D eigenvalue weighted by atomic mass is 10.1. The first-order valence-corrected chi connectivity index (χ1v) is 11.8. The number of rotatable bonds is 7. The fourth-order valence-corrected chi connectivity index (χ4v) is 5.03. The minimum Gasteiger partial charge on any atom is -0.423 e. The van der Waals surface area contributed by atoms with Gasteiger partial charge in [-0.1, -0.05) is 24.3 Å². The molecule has 156 valence electrons. The Morgan fingerprint density at radius 2 is 1.90 bits per heavy atom. The highest BCUT2D eigenvalue weighted by molar-refractivity contribution is 7.16. The van der Waals surface area contributed by atoms with Gasteiger partial charge in [-0.3, -0.25) is 4.79 Å². The van der Waals surface area contributed by atoms with E-state index in [1.54, 1.807) is 35.7 Å². The van der Waals surface area contributed by atoms with Crippen molar-refractivity contribution < 1.29 is 9.21 Å². The molecule has 0 atom stereocenters. The van der Waals surface area contributed by atoms with Crippen LogP contribution in [0.4, 0.5) is 0 Å². The average molecular weight is 447 g/mol. The van der Waals surface area contributed by atoms with Crippen molar-refractivity contribution in [3.8, 4) is 10.4 Å². The van der Waals surface area contributed by atoms with E-state index in [0.29, 0.717) is 11.0 Å². The van der Waals surface area contributed by atoms with Gasteiger partial charge in [-0.2, -0.15) is 0 Å². The largest absolute Gasteiger partial charge is 0.423 e. The van der Waals surface area contributed by atoms with Gasteiger partial charge in [0.2, 0.25) is 0 Å². The Bertz CT molecular complexity index is 1360. The second-order valence-electron chi connectivity index (χ2n) is 7.25. The molecular weight excluding hydrogens is 424 g/mol. The highest BCUT2D eigenvalue weighted by Crippen LogP contribution is 2.26. The summed E-state index contributed by atoms with van der Waals surface area (Å²) in [5.74, 6) is 0.0709. The van der Waals surface area contributed by atoms with Gasteiger partial charge in [0.1, 0.15) is 5.42 Å². The summed E-state index contributed by atoms with van der Waals surface area (Å²) in [7, 11) is 0. The molecule has 0 N–H and O–H groups in total. The van der Waals surface area contributed by atoms with Gasteiger partial charge in [-0.05, 0) is 85.7 Å². The van der Waals surface area contributed by atoms with Crippen molar-refractivity contribution in [2.75, 3.05) is 0 Å². The molecule has 5 heteroatoms. The topological polar surface area (TPSA) is 47.3 Å². The number of carbonyl (C=O) groups is 1. The molecular formula is C26H22O3S2. The van der Waals surface area contributed by atoms with E-state index < -0.39 is 0 Å². The third-order valence-electron chi connectivity index (χ3n) is 4.77. The number of thiophene rings is 2. The van der Waals surface area contributed by atoms with Gasteiger partial charge in [0.05, 0.1) is 5.56 Å². The van der Waals surface area contributed by atoms with E-state index in [2.05, 4.69) is 23.6 Å². The first kappa shape index (κ1) is 21.2. The number of fused-ring (bicyclic) bond motifs is 1. The second kappa shape index (κ2) is 9.86. The molecule has 0 radical (unpaired) electrons. The average Bonchev–Trinajstić information content (AvgIpc) is 3.40. The highest BCUT2D eigenvalue weighted by Gasteiger charge is 2.09. The molecule has 0 saturated heterocycles. The molecule has 0 spiro atoms. The molecule has 31 heavy (non-hydrogen) atoms. The summed E-state index contributed by atoms with van der Waals surface area (Å²) >= 11 is 3.26. The van der Waals surface area contributed by atoms with E-state index in [4.69, 9.17) is 4.42 Å². The smallest absolute Gasteiger partial charge is 0.345 e. The van der Waals surface area contributed by atoms with Crippen LogP contribution < -0.4 is 16.3 Å². The molecule has 3 nitrogen and oxygen atoms in total. The van der Waals surface area contributed by atoms with E-state index in [0.717, 1.165) is 34.2 Å². The minimum atomic E-state index is -0.283. The lowest BCUT2D eigenvalue weighted by Gasteiger charge is -2.00. The lowest BCUT2D eigenvalue weighted by Crippen LogP contribution is -2.31. The van der Waals surface area contributed by atoms with Gasteiger partial charge in [-0.25, -0.2) is 4.79 Å². The van der Waals surface area contributed by atoms with Crippen molar-refractivity contribution in [1.82, 2.24) is 0 Å². The van der Waals surface area contributed by atoms with Gasteiger partial charge >= 0.3 is 5.63 Å². The van der Waals surface area contributed by atoms with Crippen molar-refractivity contribution in [3.63, 3.8) is 0 Å². The predicted octanol–water partition coefficient (Wildman–Crippen LogP) is 5.20. The maximum absolute atomic E-state index is 12.4. The number of carbonyl (C=O) groups excluding carboxylic acids is 1. The Balaban J connectivity index is 1.42. The number of hydrogen-bond acceptors (Lipinski definition) is 5. The van der Waals surface area contributed by atoms with Crippen LogP contribution in [0.15, 0.2) is 63.2 Å². The first-order chi connectivity index (χ1) is 15.1. The maximum atomic E-state index is 12.4. The Hall–Kier alpha value is -3.02. The Morgan fingerprint density at radius 1 is 1.10 bits per heavy atom. The van der Waals surface area contributed by atoms with Crippen LogP contribution in [0.2, 0.25) is 0 Å². The molecule has 3 heterocycles. The van der Waals surface area contributed by atoms with Gasteiger partial charge < -0.3 is 4.42 Å². The van der Waals surface area contributed by atoms with Crippen LogP contribution in [0.5, 0.6) is 0 Å². The van der Waals surface area contributed by atoms with Gasteiger partial charge in [0, 0.05) is 19.9 Å². The van der Waals surface area contributed by atoms with Gasteiger partial charge in [0.15, 0.2) is 5.78 Å². The SMILES string of the molecule is CC(=O)/C=C/Cc1csc(/C=C/C=C/c2ccc(-c3cc4c(oc3=O)=CCCC=4)s2)c1. The standard InChI is InChI=1S/C26H22O3S2/c1-18(27)7-6-8-19-15-22(30-17-19)11-4-3-10-21-13-14-25(31-21)23-16-20-9-2-5-12-24(20)29-26(23)28/h3-4,6-7,9-17H,2,5,8H2,1H3/b7-6+,10-3+,11-4+. The van der Waals surface area contributed by atoms with Crippen LogP contribution in [0, 0.1) is 0 Å². The Kier molecular flexibility index (Phi) is 6.75. The monoisotopic (exact) mass is 446 g/mol. The summed E-state index contributed by atoms with van der Waals surface area (Å²) in [6.45, 7) is 1.56. The van der Waals surface area contributed by atoms with Crippen molar-refractivity contribution in [2.24, 2.45) is 0 Å². The molecule has 0 aliphatic heterocycles. The molecule has 0 saturated carbocycles. The number of ketones is 1. The Labute approximate surface area is 188 Å². The van der Waals surface area contributed by atoms with E-state index in [1.165, 1.54) is 10.4 Å². The number of allylic oxidation sites excluding steroid dienone is 4. The van der Waals surface area contributed by atoms with Crippen molar-refractivity contribution in [3.05, 3.63) is 90.3 Å². The fraction of sp³-hybridized carbons (Fsp3) is 0.154. The van der Waals surface area contributed by atoms with Crippen LogP contribution in [-0.4, -0.2) is 5.78 Å². The Morgan fingerprint density at radius 3 is 2.74 bits per heavy atom. The first-order valence-electron chi connectivity index (χ1n) is 10.1. The van der Waals surface area contributed by atoms with Crippen molar-refractivity contribution >= 4 is 52.8 Å². The number of hydrogen-bond donors (Lipinski definition) is 0. The summed E-state index contributed by atoms with van der Waals surface area (Å²) in [5, 5.41) is 3.11. The summed E-state index contributed by atoms with van der Waals surface area (Å²) in [6.07, 6.45) is 18.4. The third-order valence-corrected chi connectivity index (χ3v) is 6.80. The zero-order valence-corrected chi connectivity index (χ0v) is 18.8. The minimum absolute atomic E-state index is 0.0709. The lowest BCUT2D eigenvalue weighted by molar-refractivity contribution is -0.112. The fourth-order valence-electron chi connectivity index (χ4n) is 3.28. The van der Waals surface area contributed by atoms with Crippen molar-refractivity contribution in [2.45, 2.75) is 26.2 Å². The third kappa shape index (κ3) is 5.57. The summed E-state index contributed by atoms with van der Waals surface area (Å²) in [4.78, 5) is 26.5. The van der Waals surface area contributed by atoms with E-state index in [1.807, 2.05) is 48.6 Å². The molecule has 0 bridgehead atoms. The van der Waals surface area contributed by atoms with Crippen LogP contribution in [0.1, 0.15) is 35.1 Å². The van der Waals surface area contributed by atoms with E-state index >= 15 is 0 Å². The molecule has 3 aromatic rings. The molecule has 0 fully saturated rings. The van der Waals surface area contributed by atoms with Crippen LogP contribution in [-0.2, 0) is 11.2 Å². The zero-order chi connectivity index (χ0) is 21.6. The quantitative estimate of drug-likeness (QED) is 0.370. The van der Waals surface area contributed by atoms with E-state index in [-0.39, 0.29) is 11.4 Å². The zero-order valence-electron chi connectivity index (χ0n) is 17.2. The van der Waals surface area contributed by atoms with E-state index in [9.17, 15) is 9.59 Å². The summed E-state index contributed by atoms with van der Waals surface area (Å²) < 4.78 is 5.50. The van der Waals surface area contributed by atoms with Crippen LogP contribution in [0.3, 0.4) is 0 Å². The molecule has 1 aliphatic carbocycles. The molecule has 0 aromatic carbocycles. The van der Waals surface area contributed by atoms with Crippen LogP contribution in [0.25, 0.3) is 34.7 Å². The maximum Gasteiger partial charge on any atom is 0.345 e. The van der Waals surface area contributed by atoms with Gasteiger partial charge in [-0.15, -0.1) is 22.7 Å².